The van der Waals surface area contributed by atoms with Crippen LogP contribution in [0.1, 0.15) is 25.0 Å². The van der Waals surface area contributed by atoms with Gasteiger partial charge in [0.25, 0.3) is 0 Å². The molecule has 0 amide bonds. The third kappa shape index (κ3) is 4.32. The van der Waals surface area contributed by atoms with Crippen LogP contribution in [0.5, 0.6) is 6.01 Å². The highest BCUT2D eigenvalue weighted by atomic mass is 32.2. The molecule has 0 radical (unpaired) electrons. The molecule has 0 saturated carbocycles. The van der Waals surface area contributed by atoms with Gasteiger partial charge in [0.2, 0.25) is 11.1 Å². The molecular weight excluding hydrogens is 284 g/mol. The fourth-order valence-corrected chi connectivity index (χ4v) is 2.64. The van der Waals surface area contributed by atoms with Gasteiger partial charge >= 0.3 is 6.01 Å². The van der Waals surface area contributed by atoms with Gasteiger partial charge in [-0.15, -0.1) is 0 Å². The fraction of sp³-hybridized carbons (Fsp3) is 0.400. The normalized spacial score (nSPS) is 10.5. The van der Waals surface area contributed by atoms with Crippen LogP contribution in [0.25, 0.3) is 0 Å². The van der Waals surface area contributed by atoms with Gasteiger partial charge in [-0.25, -0.2) is 0 Å². The summed E-state index contributed by atoms with van der Waals surface area (Å²) in [6, 6.07) is 6.69. The molecule has 1 aromatic heterocycles. The van der Waals surface area contributed by atoms with E-state index >= 15 is 0 Å². The molecule has 0 fully saturated rings. The van der Waals surface area contributed by atoms with Gasteiger partial charge in [0, 0.05) is 11.4 Å². The summed E-state index contributed by atoms with van der Waals surface area (Å²) in [5, 5.41) is 3.74. The van der Waals surface area contributed by atoms with Crippen molar-refractivity contribution < 1.29 is 4.74 Å². The maximum atomic E-state index is 5.41. The number of hydrogen-bond acceptors (Lipinski definition) is 6. The molecule has 21 heavy (non-hydrogen) atoms. The number of rotatable bonds is 6. The molecule has 0 unspecified atom stereocenters. The van der Waals surface area contributed by atoms with Crippen LogP contribution < -0.4 is 10.1 Å². The number of nitrogens with one attached hydrogen (secondary N) is 1. The minimum absolute atomic E-state index is 0.357. The van der Waals surface area contributed by atoms with E-state index in [1.165, 1.54) is 22.9 Å². The first-order valence-corrected chi connectivity index (χ1v) is 7.81. The molecule has 0 aliphatic heterocycles. The first-order chi connectivity index (χ1) is 10.1. The van der Waals surface area contributed by atoms with Gasteiger partial charge in [-0.05, 0) is 51.1 Å². The van der Waals surface area contributed by atoms with Gasteiger partial charge in [0.05, 0.1) is 6.61 Å². The van der Waals surface area contributed by atoms with Crippen molar-refractivity contribution in [3.63, 3.8) is 0 Å². The highest BCUT2D eigenvalue weighted by molar-refractivity contribution is 7.99. The van der Waals surface area contributed by atoms with E-state index < -0.39 is 0 Å². The Labute approximate surface area is 129 Å². The van der Waals surface area contributed by atoms with E-state index in [1.54, 1.807) is 0 Å². The first-order valence-electron chi connectivity index (χ1n) is 7.00. The standard InChI is InChI=1S/C15H20N4OS/c1-5-16-13-17-14(20-6-2)19-15(18-13)21-12-8-7-10(3)9-11(12)4/h7-9H,5-6H2,1-4H3,(H,16,17,18,19). The van der Waals surface area contributed by atoms with Crippen molar-refractivity contribution in [2.24, 2.45) is 0 Å². The molecule has 0 saturated heterocycles. The average molecular weight is 304 g/mol. The Morgan fingerprint density at radius 3 is 2.62 bits per heavy atom. The Bertz CT molecular complexity index is 594. The third-order valence-corrected chi connectivity index (χ3v) is 3.78. The van der Waals surface area contributed by atoms with Crippen LogP contribution in [0.3, 0.4) is 0 Å². The summed E-state index contributed by atoms with van der Waals surface area (Å²) in [4.78, 5) is 14.1. The van der Waals surface area contributed by atoms with Crippen LogP contribution in [-0.2, 0) is 0 Å². The summed E-state index contributed by atoms with van der Waals surface area (Å²) in [5.41, 5.74) is 2.46. The number of hydrogen-bond donors (Lipinski definition) is 1. The Balaban J connectivity index is 2.29. The molecule has 1 heterocycles. The van der Waals surface area contributed by atoms with Crippen LogP contribution in [0.4, 0.5) is 5.95 Å². The monoisotopic (exact) mass is 304 g/mol. The lowest BCUT2D eigenvalue weighted by molar-refractivity contribution is 0.308. The largest absolute Gasteiger partial charge is 0.464 e. The molecule has 112 valence electrons. The van der Waals surface area contributed by atoms with E-state index in [0.717, 1.165) is 11.4 Å². The molecular formula is C15H20N4OS. The molecule has 0 aliphatic carbocycles. The van der Waals surface area contributed by atoms with Crippen molar-refractivity contribution in [1.82, 2.24) is 15.0 Å². The first kappa shape index (κ1) is 15.6. The second-order valence-electron chi connectivity index (χ2n) is 4.56. The Morgan fingerprint density at radius 1 is 1.14 bits per heavy atom. The van der Waals surface area contributed by atoms with E-state index in [9.17, 15) is 0 Å². The molecule has 0 atom stereocenters. The van der Waals surface area contributed by atoms with Crippen molar-refractivity contribution in [1.29, 1.82) is 0 Å². The minimum atomic E-state index is 0.357. The predicted octanol–water partition coefficient (Wildman–Crippen LogP) is 3.47. The highest BCUT2D eigenvalue weighted by Crippen LogP contribution is 2.29. The summed E-state index contributed by atoms with van der Waals surface area (Å²) in [5.74, 6) is 0.545. The number of aryl methyl sites for hydroxylation is 2. The molecule has 6 heteroatoms. The SMILES string of the molecule is CCNc1nc(OCC)nc(Sc2ccc(C)cc2C)n1. The predicted molar refractivity (Wildman–Crippen MR) is 85.2 cm³/mol. The van der Waals surface area contributed by atoms with Gasteiger partial charge in [-0.1, -0.05) is 17.7 Å². The van der Waals surface area contributed by atoms with E-state index in [-0.39, 0.29) is 0 Å². The van der Waals surface area contributed by atoms with Gasteiger partial charge in [-0.2, -0.15) is 15.0 Å². The van der Waals surface area contributed by atoms with Crippen molar-refractivity contribution in [2.45, 2.75) is 37.7 Å². The molecule has 0 bridgehead atoms. The third-order valence-electron chi connectivity index (χ3n) is 2.73. The van der Waals surface area contributed by atoms with Crippen LogP contribution in [0, 0.1) is 13.8 Å². The van der Waals surface area contributed by atoms with E-state index in [4.69, 9.17) is 4.74 Å². The zero-order valence-corrected chi connectivity index (χ0v) is 13.6. The quantitative estimate of drug-likeness (QED) is 0.882. The zero-order chi connectivity index (χ0) is 15.2. The summed E-state index contributed by atoms with van der Waals surface area (Å²) in [6.45, 7) is 9.37. The topological polar surface area (TPSA) is 59.9 Å². The number of nitrogens with zero attached hydrogens (tertiary/aromatic N) is 3. The van der Waals surface area contributed by atoms with Crippen molar-refractivity contribution in [2.75, 3.05) is 18.5 Å². The summed E-state index contributed by atoms with van der Waals surface area (Å²) in [6.07, 6.45) is 0. The van der Waals surface area contributed by atoms with Gasteiger partial charge in [0.1, 0.15) is 0 Å². The molecule has 5 nitrogen and oxygen atoms in total. The van der Waals surface area contributed by atoms with E-state index in [1.807, 2.05) is 13.8 Å². The average Bonchev–Trinajstić information content (AvgIpc) is 2.42. The van der Waals surface area contributed by atoms with E-state index in [0.29, 0.717) is 23.7 Å². The zero-order valence-electron chi connectivity index (χ0n) is 12.8. The molecule has 2 rings (SSSR count). The lowest BCUT2D eigenvalue weighted by Gasteiger charge is -2.09. The van der Waals surface area contributed by atoms with Crippen LogP contribution in [-0.4, -0.2) is 28.1 Å². The second kappa shape index (κ2) is 7.26. The molecule has 1 aromatic carbocycles. The van der Waals surface area contributed by atoms with Gasteiger partial charge in [0.15, 0.2) is 0 Å². The molecule has 0 spiro atoms. The van der Waals surface area contributed by atoms with Crippen molar-refractivity contribution in [3.8, 4) is 6.01 Å². The summed E-state index contributed by atoms with van der Waals surface area (Å²) < 4.78 is 5.41. The van der Waals surface area contributed by atoms with Crippen LogP contribution >= 0.6 is 11.8 Å². The van der Waals surface area contributed by atoms with Crippen molar-refractivity contribution >= 4 is 17.7 Å². The van der Waals surface area contributed by atoms with Gasteiger partial charge in [-0.3, -0.25) is 0 Å². The number of benzene rings is 1. The summed E-state index contributed by atoms with van der Waals surface area (Å²) >= 11 is 1.52. The maximum absolute atomic E-state index is 5.41. The smallest absolute Gasteiger partial charge is 0.322 e. The molecule has 1 N–H and O–H groups in total. The Kier molecular flexibility index (Phi) is 5.38. The fourth-order valence-electron chi connectivity index (χ4n) is 1.83. The summed E-state index contributed by atoms with van der Waals surface area (Å²) in [7, 11) is 0. The van der Waals surface area contributed by atoms with Crippen molar-refractivity contribution in [3.05, 3.63) is 29.3 Å². The number of anilines is 1. The Morgan fingerprint density at radius 2 is 1.95 bits per heavy atom. The lowest BCUT2D eigenvalue weighted by atomic mass is 10.2. The van der Waals surface area contributed by atoms with Crippen LogP contribution in [0.15, 0.2) is 28.3 Å². The molecule has 2 aromatic rings. The van der Waals surface area contributed by atoms with Crippen LogP contribution in [0.2, 0.25) is 0 Å². The highest BCUT2D eigenvalue weighted by Gasteiger charge is 2.10. The molecule has 0 aliphatic rings. The number of ether oxygens (including phenoxy) is 1. The maximum Gasteiger partial charge on any atom is 0.322 e. The van der Waals surface area contributed by atoms with E-state index in [2.05, 4.69) is 52.3 Å². The second-order valence-corrected chi connectivity index (χ2v) is 5.57. The Hall–Kier alpha value is -1.82. The van der Waals surface area contributed by atoms with Gasteiger partial charge < -0.3 is 10.1 Å². The lowest BCUT2D eigenvalue weighted by Crippen LogP contribution is -2.07. The number of aromatic nitrogens is 3. The minimum Gasteiger partial charge on any atom is -0.464 e.